The molecule has 0 aliphatic carbocycles. The minimum absolute atomic E-state index is 0.561. The molecule has 1 aromatic rings. The highest BCUT2D eigenvalue weighted by Crippen LogP contribution is 2.25. The van der Waals surface area contributed by atoms with Crippen LogP contribution >= 0.6 is 27.7 Å². The third-order valence-corrected chi connectivity index (χ3v) is 3.77. The first-order valence-corrected chi connectivity index (χ1v) is 6.35. The van der Waals surface area contributed by atoms with Crippen LogP contribution in [0.15, 0.2) is 9.26 Å². The van der Waals surface area contributed by atoms with Gasteiger partial charge in [0, 0.05) is 6.42 Å². The van der Waals surface area contributed by atoms with E-state index in [-0.39, 0.29) is 0 Å². The van der Waals surface area contributed by atoms with Gasteiger partial charge >= 0.3 is 0 Å². The van der Waals surface area contributed by atoms with Crippen LogP contribution in [0, 0.1) is 5.92 Å². The van der Waals surface area contributed by atoms with Crippen LogP contribution in [0.1, 0.15) is 18.7 Å². The second kappa shape index (κ2) is 4.46. The van der Waals surface area contributed by atoms with Gasteiger partial charge in [-0.2, -0.15) is 16.7 Å². The molecule has 0 amide bonds. The van der Waals surface area contributed by atoms with Gasteiger partial charge in [-0.15, -0.1) is 0 Å². The quantitative estimate of drug-likeness (QED) is 0.821. The van der Waals surface area contributed by atoms with E-state index in [9.17, 15) is 0 Å². The van der Waals surface area contributed by atoms with Crippen molar-refractivity contribution in [2.45, 2.75) is 19.3 Å². The zero-order valence-electron chi connectivity index (χ0n) is 7.20. The highest BCUT2D eigenvalue weighted by atomic mass is 79.9. The van der Waals surface area contributed by atoms with Crippen LogP contribution in [-0.4, -0.2) is 21.6 Å². The Bertz CT molecular complexity index is 273. The van der Waals surface area contributed by atoms with E-state index in [4.69, 9.17) is 4.52 Å². The fourth-order valence-corrected chi connectivity index (χ4v) is 2.96. The van der Waals surface area contributed by atoms with Crippen LogP contribution in [0.5, 0.6) is 0 Å². The summed E-state index contributed by atoms with van der Waals surface area (Å²) in [6, 6.07) is 0. The summed E-state index contributed by atoms with van der Waals surface area (Å²) in [7, 11) is 0. The van der Waals surface area contributed by atoms with E-state index >= 15 is 0 Å². The molecule has 0 bridgehead atoms. The second-order valence-electron chi connectivity index (χ2n) is 3.24. The standard InChI is InChI=1S/C8H11BrN2OS/c9-8-10-7(12-11-8)4-6-2-1-3-13-5-6/h6H,1-5H2. The maximum Gasteiger partial charge on any atom is 0.238 e. The topological polar surface area (TPSA) is 38.9 Å². The van der Waals surface area contributed by atoms with Crippen LogP contribution < -0.4 is 0 Å². The number of halogens is 1. The molecule has 1 aliphatic heterocycles. The van der Waals surface area contributed by atoms with Crippen molar-refractivity contribution >= 4 is 27.7 Å². The second-order valence-corrected chi connectivity index (χ2v) is 5.10. The fraction of sp³-hybridized carbons (Fsp3) is 0.750. The molecule has 0 spiro atoms. The number of hydrogen-bond acceptors (Lipinski definition) is 4. The van der Waals surface area contributed by atoms with Crippen molar-refractivity contribution in [1.29, 1.82) is 0 Å². The fourth-order valence-electron chi connectivity index (χ4n) is 1.53. The molecule has 1 fully saturated rings. The first-order valence-electron chi connectivity index (χ1n) is 4.40. The number of thioether (sulfide) groups is 1. The molecular weight excluding hydrogens is 252 g/mol. The largest absolute Gasteiger partial charge is 0.338 e. The molecular formula is C8H11BrN2OS. The normalized spacial score (nSPS) is 23.3. The molecule has 1 aromatic heterocycles. The maximum atomic E-state index is 5.05. The Hall–Kier alpha value is -0.0300. The average molecular weight is 263 g/mol. The summed E-state index contributed by atoms with van der Waals surface area (Å²) in [6.45, 7) is 0. The molecule has 0 aromatic carbocycles. The molecule has 0 N–H and O–H groups in total. The Balaban J connectivity index is 1.89. The summed E-state index contributed by atoms with van der Waals surface area (Å²) in [5.41, 5.74) is 0. The molecule has 0 radical (unpaired) electrons. The van der Waals surface area contributed by atoms with E-state index in [0.29, 0.717) is 4.73 Å². The summed E-state index contributed by atoms with van der Waals surface area (Å²) in [5, 5.41) is 3.71. The van der Waals surface area contributed by atoms with Gasteiger partial charge in [0.25, 0.3) is 0 Å². The van der Waals surface area contributed by atoms with Crippen molar-refractivity contribution < 1.29 is 4.52 Å². The minimum Gasteiger partial charge on any atom is -0.338 e. The Morgan fingerprint density at radius 3 is 3.15 bits per heavy atom. The molecule has 1 unspecified atom stereocenters. The predicted molar refractivity (Wildman–Crippen MR) is 55.8 cm³/mol. The molecule has 1 saturated heterocycles. The smallest absolute Gasteiger partial charge is 0.238 e. The number of rotatable bonds is 2. The molecule has 0 saturated carbocycles. The van der Waals surface area contributed by atoms with Crippen molar-refractivity contribution in [2.75, 3.05) is 11.5 Å². The van der Waals surface area contributed by atoms with Gasteiger partial charge in [0.1, 0.15) is 0 Å². The predicted octanol–water partition coefficient (Wildman–Crippen LogP) is 2.52. The Kier molecular flexibility index (Phi) is 3.27. The van der Waals surface area contributed by atoms with Gasteiger partial charge in [-0.1, -0.05) is 0 Å². The highest BCUT2D eigenvalue weighted by Gasteiger charge is 2.17. The lowest BCUT2D eigenvalue weighted by atomic mass is 10.0. The van der Waals surface area contributed by atoms with Gasteiger partial charge in [-0.25, -0.2) is 0 Å². The summed E-state index contributed by atoms with van der Waals surface area (Å²) >= 11 is 5.20. The van der Waals surface area contributed by atoms with E-state index in [2.05, 4.69) is 26.1 Å². The van der Waals surface area contributed by atoms with E-state index in [1.165, 1.54) is 24.3 Å². The van der Waals surface area contributed by atoms with Gasteiger partial charge in [0.2, 0.25) is 10.6 Å². The van der Waals surface area contributed by atoms with E-state index < -0.39 is 0 Å². The summed E-state index contributed by atoms with van der Waals surface area (Å²) in [6.07, 6.45) is 3.56. The van der Waals surface area contributed by atoms with Crippen LogP contribution in [0.25, 0.3) is 0 Å². The molecule has 13 heavy (non-hydrogen) atoms. The lowest BCUT2D eigenvalue weighted by Gasteiger charge is -2.18. The molecule has 1 aliphatic rings. The van der Waals surface area contributed by atoms with E-state index in [1.54, 1.807) is 0 Å². The number of hydrogen-bond donors (Lipinski definition) is 0. The minimum atomic E-state index is 0.561. The van der Waals surface area contributed by atoms with Crippen molar-refractivity contribution in [2.24, 2.45) is 5.92 Å². The third kappa shape index (κ3) is 2.71. The van der Waals surface area contributed by atoms with Crippen LogP contribution in [0.3, 0.4) is 0 Å². The zero-order chi connectivity index (χ0) is 9.10. The average Bonchev–Trinajstić information content (AvgIpc) is 2.53. The molecule has 72 valence electrons. The third-order valence-electron chi connectivity index (χ3n) is 2.16. The van der Waals surface area contributed by atoms with Gasteiger partial charge in [-0.05, 0) is 51.4 Å². The van der Waals surface area contributed by atoms with Crippen molar-refractivity contribution in [3.63, 3.8) is 0 Å². The Morgan fingerprint density at radius 1 is 1.62 bits per heavy atom. The van der Waals surface area contributed by atoms with Gasteiger partial charge < -0.3 is 4.52 Å². The molecule has 3 nitrogen and oxygen atoms in total. The lowest BCUT2D eigenvalue weighted by Crippen LogP contribution is -2.13. The van der Waals surface area contributed by atoms with Crippen molar-refractivity contribution in [3.05, 3.63) is 10.6 Å². The summed E-state index contributed by atoms with van der Waals surface area (Å²) < 4.78 is 5.61. The molecule has 1 atom stereocenters. The Morgan fingerprint density at radius 2 is 2.54 bits per heavy atom. The highest BCUT2D eigenvalue weighted by molar-refractivity contribution is 9.10. The molecule has 5 heteroatoms. The first-order chi connectivity index (χ1) is 6.34. The zero-order valence-corrected chi connectivity index (χ0v) is 9.60. The van der Waals surface area contributed by atoms with Crippen LogP contribution in [0.2, 0.25) is 0 Å². The van der Waals surface area contributed by atoms with Gasteiger partial charge in [0.05, 0.1) is 0 Å². The maximum absolute atomic E-state index is 5.05. The van der Waals surface area contributed by atoms with Crippen LogP contribution in [0.4, 0.5) is 0 Å². The number of nitrogens with zero attached hydrogens (tertiary/aromatic N) is 2. The molecule has 2 rings (SSSR count). The van der Waals surface area contributed by atoms with E-state index in [1.807, 2.05) is 11.8 Å². The van der Waals surface area contributed by atoms with Crippen LogP contribution in [-0.2, 0) is 6.42 Å². The molecule has 2 heterocycles. The Labute approximate surface area is 89.8 Å². The first kappa shape index (κ1) is 9.52. The monoisotopic (exact) mass is 262 g/mol. The van der Waals surface area contributed by atoms with Crippen molar-refractivity contribution in [3.8, 4) is 0 Å². The SMILES string of the molecule is Brc1noc(CC2CCCSC2)n1. The van der Waals surface area contributed by atoms with Gasteiger partial charge in [0.15, 0.2) is 0 Å². The number of aromatic nitrogens is 2. The summed E-state index contributed by atoms with van der Waals surface area (Å²) in [5.74, 6) is 4.04. The van der Waals surface area contributed by atoms with E-state index in [0.717, 1.165) is 18.2 Å². The summed E-state index contributed by atoms with van der Waals surface area (Å²) in [4.78, 5) is 4.13. The lowest BCUT2D eigenvalue weighted by molar-refractivity contribution is 0.350. The van der Waals surface area contributed by atoms with Crippen molar-refractivity contribution in [1.82, 2.24) is 10.1 Å². The van der Waals surface area contributed by atoms with Gasteiger partial charge in [-0.3, -0.25) is 0 Å².